The molecule has 3 rings (SSSR count). The summed E-state index contributed by atoms with van der Waals surface area (Å²) in [4.78, 5) is 15.7. The lowest BCUT2D eigenvalue weighted by Crippen LogP contribution is -2.31. The summed E-state index contributed by atoms with van der Waals surface area (Å²) in [7, 11) is 1.40. The first kappa shape index (κ1) is 14.7. The van der Waals surface area contributed by atoms with Crippen LogP contribution in [0.1, 0.15) is 46.3 Å². The molecule has 0 radical (unpaired) electrons. The number of carbonyl (C=O) groups is 1. The molecule has 0 saturated carbocycles. The summed E-state index contributed by atoms with van der Waals surface area (Å²) in [5.41, 5.74) is 3.10. The standard InChI is InChI=1S/C18H20N2O2/c1-22-18(21)14-6-4-13(5-7-14)17-11-15(8-10-20-17)16-3-2-9-19-12-16/h2-7,9,12,15,17,20H,8,10-11H2,1H3. The second-order valence-electron chi connectivity index (χ2n) is 5.63. The molecule has 0 aliphatic carbocycles. The predicted molar refractivity (Wildman–Crippen MR) is 84.7 cm³/mol. The Morgan fingerprint density at radius 2 is 2.05 bits per heavy atom. The van der Waals surface area contributed by atoms with E-state index in [4.69, 9.17) is 4.74 Å². The van der Waals surface area contributed by atoms with Gasteiger partial charge in [-0.25, -0.2) is 4.79 Å². The van der Waals surface area contributed by atoms with Crippen molar-refractivity contribution in [1.29, 1.82) is 0 Å². The molecular formula is C18H20N2O2. The predicted octanol–water partition coefficient (Wildman–Crippen LogP) is 3.08. The molecule has 0 spiro atoms. The number of nitrogens with one attached hydrogen (secondary N) is 1. The highest BCUT2D eigenvalue weighted by Gasteiger charge is 2.24. The van der Waals surface area contributed by atoms with E-state index in [1.165, 1.54) is 18.2 Å². The van der Waals surface area contributed by atoms with Crippen LogP contribution in [0.15, 0.2) is 48.8 Å². The van der Waals surface area contributed by atoms with Gasteiger partial charge in [-0.2, -0.15) is 0 Å². The summed E-state index contributed by atoms with van der Waals surface area (Å²) < 4.78 is 4.73. The average molecular weight is 296 g/mol. The smallest absolute Gasteiger partial charge is 0.337 e. The van der Waals surface area contributed by atoms with Crippen molar-refractivity contribution >= 4 is 5.97 Å². The zero-order chi connectivity index (χ0) is 15.4. The summed E-state index contributed by atoms with van der Waals surface area (Å²) in [5.74, 6) is 0.233. The second kappa shape index (κ2) is 6.71. The van der Waals surface area contributed by atoms with E-state index in [1.54, 1.807) is 0 Å². The monoisotopic (exact) mass is 296 g/mol. The third kappa shape index (κ3) is 3.17. The molecule has 1 aliphatic rings. The molecule has 1 aliphatic heterocycles. The minimum Gasteiger partial charge on any atom is -0.465 e. The van der Waals surface area contributed by atoms with E-state index in [2.05, 4.69) is 16.4 Å². The van der Waals surface area contributed by atoms with Gasteiger partial charge in [-0.1, -0.05) is 18.2 Å². The van der Waals surface area contributed by atoms with Gasteiger partial charge in [0, 0.05) is 18.4 Å². The van der Waals surface area contributed by atoms with Gasteiger partial charge in [-0.05, 0) is 54.6 Å². The van der Waals surface area contributed by atoms with Gasteiger partial charge >= 0.3 is 5.97 Å². The van der Waals surface area contributed by atoms with Crippen molar-refractivity contribution in [3.05, 3.63) is 65.5 Å². The Hall–Kier alpha value is -2.20. The number of benzene rings is 1. The highest BCUT2D eigenvalue weighted by molar-refractivity contribution is 5.89. The minimum atomic E-state index is -0.295. The first-order chi connectivity index (χ1) is 10.8. The Bertz CT molecular complexity index is 625. The van der Waals surface area contributed by atoms with E-state index in [1.807, 2.05) is 42.7 Å². The van der Waals surface area contributed by atoms with Gasteiger partial charge in [0.2, 0.25) is 0 Å². The summed E-state index contributed by atoms with van der Waals surface area (Å²) >= 11 is 0. The fraction of sp³-hybridized carbons (Fsp3) is 0.333. The van der Waals surface area contributed by atoms with Gasteiger partial charge in [0.15, 0.2) is 0 Å². The van der Waals surface area contributed by atoms with E-state index in [0.29, 0.717) is 17.5 Å². The topological polar surface area (TPSA) is 51.2 Å². The molecule has 2 unspecified atom stereocenters. The van der Waals surface area contributed by atoms with E-state index in [0.717, 1.165) is 19.4 Å². The van der Waals surface area contributed by atoms with Gasteiger partial charge in [0.05, 0.1) is 12.7 Å². The summed E-state index contributed by atoms with van der Waals surface area (Å²) in [5, 5.41) is 3.56. The fourth-order valence-electron chi connectivity index (χ4n) is 3.06. The quantitative estimate of drug-likeness (QED) is 0.884. The fourth-order valence-corrected chi connectivity index (χ4v) is 3.06. The summed E-state index contributed by atoms with van der Waals surface area (Å²) in [6.07, 6.45) is 5.95. The number of hydrogen-bond donors (Lipinski definition) is 1. The number of carbonyl (C=O) groups excluding carboxylic acids is 1. The zero-order valence-corrected chi connectivity index (χ0v) is 12.7. The van der Waals surface area contributed by atoms with Crippen molar-refractivity contribution in [2.75, 3.05) is 13.7 Å². The van der Waals surface area contributed by atoms with Gasteiger partial charge in [0.25, 0.3) is 0 Å². The maximum atomic E-state index is 11.5. The van der Waals surface area contributed by atoms with Crippen molar-refractivity contribution in [3.8, 4) is 0 Å². The lowest BCUT2D eigenvalue weighted by molar-refractivity contribution is 0.0600. The molecule has 0 bridgehead atoms. The summed E-state index contributed by atoms with van der Waals surface area (Å²) in [6.45, 7) is 0.989. The van der Waals surface area contributed by atoms with Crippen LogP contribution in [0.4, 0.5) is 0 Å². The number of nitrogens with zero attached hydrogens (tertiary/aromatic N) is 1. The molecule has 1 fully saturated rings. The van der Waals surface area contributed by atoms with Gasteiger partial charge in [-0.3, -0.25) is 4.98 Å². The molecule has 2 heterocycles. The lowest BCUT2D eigenvalue weighted by atomic mass is 9.84. The van der Waals surface area contributed by atoms with Crippen molar-refractivity contribution in [2.24, 2.45) is 0 Å². The largest absolute Gasteiger partial charge is 0.465 e. The second-order valence-corrected chi connectivity index (χ2v) is 5.63. The number of ether oxygens (including phenoxy) is 1. The Kier molecular flexibility index (Phi) is 4.49. The molecule has 22 heavy (non-hydrogen) atoms. The normalized spacial score (nSPS) is 21.3. The maximum Gasteiger partial charge on any atom is 0.337 e. The molecule has 4 nitrogen and oxygen atoms in total. The third-order valence-electron chi connectivity index (χ3n) is 4.29. The van der Waals surface area contributed by atoms with Crippen LogP contribution >= 0.6 is 0 Å². The Labute approximate surface area is 130 Å². The molecule has 2 atom stereocenters. The molecule has 1 aromatic carbocycles. The van der Waals surface area contributed by atoms with Crippen LogP contribution in [0.25, 0.3) is 0 Å². The van der Waals surface area contributed by atoms with Crippen molar-refractivity contribution in [1.82, 2.24) is 10.3 Å². The maximum absolute atomic E-state index is 11.5. The van der Waals surface area contributed by atoms with Crippen LogP contribution in [0.3, 0.4) is 0 Å². The average Bonchev–Trinajstić information content (AvgIpc) is 2.62. The Balaban J connectivity index is 1.73. The Morgan fingerprint density at radius 1 is 1.23 bits per heavy atom. The van der Waals surface area contributed by atoms with Gasteiger partial charge in [0.1, 0.15) is 0 Å². The number of esters is 1. The molecule has 114 valence electrons. The highest BCUT2D eigenvalue weighted by atomic mass is 16.5. The molecule has 1 saturated heterocycles. The van der Waals surface area contributed by atoms with Crippen molar-refractivity contribution in [2.45, 2.75) is 24.8 Å². The molecule has 0 amide bonds. The van der Waals surface area contributed by atoms with Crippen LogP contribution in [0.2, 0.25) is 0 Å². The van der Waals surface area contributed by atoms with E-state index in [9.17, 15) is 4.79 Å². The number of methoxy groups -OCH3 is 1. The number of aromatic nitrogens is 1. The molecule has 2 aromatic rings. The first-order valence-electron chi connectivity index (χ1n) is 7.59. The number of piperidine rings is 1. The molecule has 1 N–H and O–H groups in total. The lowest BCUT2D eigenvalue weighted by Gasteiger charge is -2.31. The first-order valence-corrected chi connectivity index (χ1v) is 7.59. The van der Waals surface area contributed by atoms with Crippen LogP contribution in [0, 0.1) is 0 Å². The van der Waals surface area contributed by atoms with E-state index in [-0.39, 0.29) is 5.97 Å². The molecular weight excluding hydrogens is 276 g/mol. The van der Waals surface area contributed by atoms with E-state index >= 15 is 0 Å². The van der Waals surface area contributed by atoms with Gasteiger partial charge < -0.3 is 10.1 Å². The summed E-state index contributed by atoms with van der Waals surface area (Å²) in [6, 6.07) is 12.1. The van der Waals surface area contributed by atoms with Gasteiger partial charge in [-0.15, -0.1) is 0 Å². The van der Waals surface area contributed by atoms with Crippen LogP contribution in [-0.2, 0) is 4.74 Å². The number of rotatable bonds is 3. The van der Waals surface area contributed by atoms with Crippen LogP contribution in [-0.4, -0.2) is 24.6 Å². The molecule has 4 heteroatoms. The van der Waals surface area contributed by atoms with Crippen molar-refractivity contribution < 1.29 is 9.53 Å². The Morgan fingerprint density at radius 3 is 2.73 bits per heavy atom. The SMILES string of the molecule is COC(=O)c1ccc(C2CC(c3cccnc3)CCN2)cc1. The number of hydrogen-bond acceptors (Lipinski definition) is 4. The highest BCUT2D eigenvalue weighted by Crippen LogP contribution is 2.33. The van der Waals surface area contributed by atoms with E-state index < -0.39 is 0 Å². The third-order valence-corrected chi connectivity index (χ3v) is 4.29. The number of pyridine rings is 1. The van der Waals surface area contributed by atoms with Crippen LogP contribution in [0.5, 0.6) is 0 Å². The minimum absolute atomic E-state index is 0.295. The van der Waals surface area contributed by atoms with Crippen molar-refractivity contribution in [3.63, 3.8) is 0 Å². The van der Waals surface area contributed by atoms with Crippen LogP contribution < -0.4 is 5.32 Å². The zero-order valence-electron chi connectivity index (χ0n) is 12.7. The molecule has 1 aromatic heterocycles.